The smallest absolute Gasteiger partial charge is 0.425 e. The molecule has 0 saturated carbocycles. The Morgan fingerprint density at radius 3 is 2.25 bits per heavy atom. The fourth-order valence-corrected chi connectivity index (χ4v) is 1.78. The number of rotatable bonds is 5. The van der Waals surface area contributed by atoms with Gasteiger partial charge in [-0.25, -0.2) is 8.98 Å². The highest BCUT2D eigenvalue weighted by molar-refractivity contribution is 7.87. The topological polar surface area (TPSA) is 69.7 Å². The van der Waals surface area contributed by atoms with E-state index in [0.717, 1.165) is 0 Å². The van der Waals surface area contributed by atoms with Crippen molar-refractivity contribution >= 4 is 16.1 Å². The van der Waals surface area contributed by atoms with Gasteiger partial charge in [-0.15, -0.1) is 0 Å². The van der Waals surface area contributed by atoms with Crippen molar-refractivity contribution in [2.24, 2.45) is 0 Å². The highest BCUT2D eigenvalue weighted by atomic mass is 32.2. The number of carbonyl (C=O) groups excluding carboxylic acids is 1. The summed E-state index contributed by atoms with van der Waals surface area (Å²) < 4.78 is 66.7. The number of esters is 1. The molecule has 0 bridgehead atoms. The van der Waals surface area contributed by atoms with Gasteiger partial charge in [0.05, 0.1) is 0 Å². The summed E-state index contributed by atoms with van der Waals surface area (Å²) in [4.78, 5) is 11.6. The van der Waals surface area contributed by atoms with Crippen LogP contribution in [0.4, 0.5) is 13.2 Å². The molecule has 0 aromatic heterocycles. The molecule has 0 aliphatic heterocycles. The van der Waals surface area contributed by atoms with Gasteiger partial charge in [0, 0.05) is 0 Å². The minimum Gasteiger partial charge on any atom is -0.425 e. The average molecular weight is 312 g/mol. The lowest BCUT2D eigenvalue weighted by atomic mass is 10.3. The van der Waals surface area contributed by atoms with Gasteiger partial charge in [0.2, 0.25) is 0 Å². The van der Waals surface area contributed by atoms with Crippen molar-refractivity contribution in [2.45, 2.75) is 25.0 Å². The molecular formula is C11H11F3O5S. The molecule has 0 spiro atoms. The predicted octanol–water partition coefficient (Wildman–Crippen LogP) is 2.24. The molecule has 20 heavy (non-hydrogen) atoms. The summed E-state index contributed by atoms with van der Waals surface area (Å²) in [7, 11) is -5.85. The Bertz CT molecular complexity index is 553. The molecule has 112 valence electrons. The van der Waals surface area contributed by atoms with Crippen LogP contribution in [0, 0.1) is 0 Å². The first-order chi connectivity index (χ1) is 9.17. The molecule has 0 N–H and O–H groups in total. The molecule has 1 atom stereocenters. The monoisotopic (exact) mass is 312 g/mol. The zero-order valence-electron chi connectivity index (χ0n) is 10.3. The van der Waals surface area contributed by atoms with E-state index >= 15 is 0 Å². The summed E-state index contributed by atoms with van der Waals surface area (Å²) in [6, 6.07) is 7.50. The van der Waals surface area contributed by atoms with Crippen LogP contribution in [-0.2, 0) is 19.1 Å². The summed E-state index contributed by atoms with van der Waals surface area (Å²) in [5, 5.41) is 0. The fourth-order valence-electron chi connectivity index (χ4n) is 1.15. The normalized spacial score (nSPS) is 13.8. The van der Waals surface area contributed by atoms with E-state index in [1.807, 2.05) is 0 Å². The first-order valence-electron chi connectivity index (χ1n) is 5.43. The Kier molecular flexibility index (Phi) is 5.12. The SMILES string of the molecule is CC[C@@H](OS(=O)(=O)C(F)(F)F)C(=O)Oc1ccccc1. The molecule has 1 rings (SSSR count). The quantitative estimate of drug-likeness (QED) is 0.361. The van der Waals surface area contributed by atoms with E-state index in [1.54, 1.807) is 6.07 Å². The van der Waals surface area contributed by atoms with E-state index in [0.29, 0.717) is 0 Å². The third kappa shape index (κ3) is 4.20. The molecule has 0 heterocycles. The van der Waals surface area contributed by atoms with Crippen LogP contribution in [0.25, 0.3) is 0 Å². The highest BCUT2D eigenvalue weighted by Gasteiger charge is 2.49. The van der Waals surface area contributed by atoms with Gasteiger partial charge in [0.1, 0.15) is 5.75 Å². The maximum absolute atomic E-state index is 12.2. The van der Waals surface area contributed by atoms with E-state index in [-0.39, 0.29) is 12.2 Å². The number of ether oxygens (including phenoxy) is 1. The van der Waals surface area contributed by atoms with Gasteiger partial charge in [-0.3, -0.25) is 0 Å². The van der Waals surface area contributed by atoms with E-state index < -0.39 is 27.7 Å². The van der Waals surface area contributed by atoms with Crippen molar-refractivity contribution in [3.05, 3.63) is 30.3 Å². The fraction of sp³-hybridized carbons (Fsp3) is 0.364. The van der Waals surface area contributed by atoms with Gasteiger partial charge < -0.3 is 4.74 Å². The molecule has 0 fully saturated rings. The van der Waals surface area contributed by atoms with Crippen LogP contribution in [0.2, 0.25) is 0 Å². The molecule has 0 radical (unpaired) electrons. The van der Waals surface area contributed by atoms with Crippen LogP contribution >= 0.6 is 0 Å². The Morgan fingerprint density at radius 1 is 1.25 bits per heavy atom. The van der Waals surface area contributed by atoms with Crippen molar-refractivity contribution in [1.82, 2.24) is 0 Å². The summed E-state index contributed by atoms with van der Waals surface area (Å²) in [5.74, 6) is -1.14. The van der Waals surface area contributed by atoms with Gasteiger partial charge >= 0.3 is 21.6 Å². The van der Waals surface area contributed by atoms with Crippen LogP contribution in [-0.4, -0.2) is 26.0 Å². The van der Waals surface area contributed by atoms with Gasteiger partial charge in [0.15, 0.2) is 6.10 Å². The van der Waals surface area contributed by atoms with Crippen molar-refractivity contribution < 1.29 is 35.3 Å². The maximum atomic E-state index is 12.2. The second-order valence-corrected chi connectivity index (χ2v) is 5.19. The van der Waals surface area contributed by atoms with Gasteiger partial charge in [0.25, 0.3) is 0 Å². The standard InChI is InChI=1S/C11H11F3O5S/c1-2-9(19-20(16,17)11(12,13)14)10(15)18-8-6-4-3-5-7-8/h3-7,9H,2H2,1H3/t9-/m1/s1. The van der Waals surface area contributed by atoms with Gasteiger partial charge in [-0.05, 0) is 18.6 Å². The molecule has 0 amide bonds. The molecule has 9 heteroatoms. The largest absolute Gasteiger partial charge is 0.523 e. The summed E-state index contributed by atoms with van der Waals surface area (Å²) in [6.07, 6.45) is -2.15. The first kappa shape index (κ1) is 16.4. The van der Waals surface area contributed by atoms with Crippen molar-refractivity contribution in [1.29, 1.82) is 0 Å². The van der Waals surface area contributed by atoms with Gasteiger partial charge in [-0.1, -0.05) is 25.1 Å². The number of halogens is 3. The van der Waals surface area contributed by atoms with Crippen LogP contribution in [0.1, 0.15) is 13.3 Å². The van der Waals surface area contributed by atoms with E-state index in [1.165, 1.54) is 31.2 Å². The van der Waals surface area contributed by atoms with E-state index in [4.69, 9.17) is 4.74 Å². The lowest BCUT2D eigenvalue weighted by Crippen LogP contribution is -2.35. The lowest BCUT2D eigenvalue weighted by molar-refractivity contribution is -0.143. The minimum atomic E-state index is -5.85. The maximum Gasteiger partial charge on any atom is 0.523 e. The Morgan fingerprint density at radius 2 is 1.80 bits per heavy atom. The molecule has 0 saturated heterocycles. The summed E-state index contributed by atoms with van der Waals surface area (Å²) in [6.45, 7) is 1.29. The van der Waals surface area contributed by atoms with E-state index in [9.17, 15) is 26.4 Å². The molecule has 0 aliphatic carbocycles. The third-order valence-corrected chi connectivity index (χ3v) is 3.17. The number of hydrogen-bond acceptors (Lipinski definition) is 5. The lowest BCUT2D eigenvalue weighted by Gasteiger charge is -2.15. The summed E-state index contributed by atoms with van der Waals surface area (Å²) in [5.41, 5.74) is -5.59. The zero-order chi connectivity index (χ0) is 15.4. The second kappa shape index (κ2) is 6.23. The molecular weight excluding hydrogens is 301 g/mol. The van der Waals surface area contributed by atoms with Crippen LogP contribution in [0.3, 0.4) is 0 Å². The average Bonchev–Trinajstić information content (AvgIpc) is 2.35. The number of alkyl halides is 3. The second-order valence-electron chi connectivity index (χ2n) is 3.63. The number of carbonyl (C=O) groups is 1. The zero-order valence-corrected chi connectivity index (χ0v) is 11.1. The molecule has 5 nitrogen and oxygen atoms in total. The van der Waals surface area contributed by atoms with Crippen molar-refractivity contribution in [3.8, 4) is 5.75 Å². The number of para-hydroxylation sites is 1. The van der Waals surface area contributed by atoms with Crippen molar-refractivity contribution in [3.63, 3.8) is 0 Å². The summed E-state index contributed by atoms with van der Waals surface area (Å²) >= 11 is 0. The number of benzene rings is 1. The molecule has 1 aromatic rings. The van der Waals surface area contributed by atoms with Crippen LogP contribution in [0.5, 0.6) is 5.75 Å². The highest BCUT2D eigenvalue weighted by Crippen LogP contribution is 2.26. The third-order valence-electron chi connectivity index (χ3n) is 2.12. The number of hydrogen-bond donors (Lipinski definition) is 0. The molecule has 0 aliphatic rings. The van der Waals surface area contributed by atoms with Gasteiger partial charge in [-0.2, -0.15) is 21.6 Å². The molecule has 1 aromatic carbocycles. The molecule has 0 unspecified atom stereocenters. The first-order valence-corrected chi connectivity index (χ1v) is 6.84. The Labute approximate surface area is 113 Å². The predicted molar refractivity (Wildman–Crippen MR) is 62.2 cm³/mol. The minimum absolute atomic E-state index is 0.0731. The van der Waals surface area contributed by atoms with Crippen LogP contribution < -0.4 is 4.74 Å². The Balaban J connectivity index is 2.79. The van der Waals surface area contributed by atoms with Crippen molar-refractivity contribution in [2.75, 3.05) is 0 Å². The van der Waals surface area contributed by atoms with Crippen LogP contribution in [0.15, 0.2) is 30.3 Å². The Hall–Kier alpha value is -1.61. The van der Waals surface area contributed by atoms with E-state index in [2.05, 4.69) is 4.18 Å².